The molecule has 2 aromatic carbocycles. The number of rotatable bonds is 7. The third-order valence-corrected chi connectivity index (χ3v) is 4.56. The second-order valence-electron chi connectivity index (χ2n) is 6.48. The molecule has 0 saturated carbocycles. The highest BCUT2D eigenvalue weighted by Crippen LogP contribution is 2.31. The molecule has 0 aliphatic heterocycles. The summed E-state index contributed by atoms with van der Waals surface area (Å²) in [4.78, 5) is 31.5. The zero-order valence-electron chi connectivity index (χ0n) is 15.8. The van der Waals surface area contributed by atoms with E-state index >= 15 is 0 Å². The van der Waals surface area contributed by atoms with Crippen molar-refractivity contribution in [1.82, 2.24) is 14.9 Å². The fraction of sp³-hybridized carbons (Fsp3) is 0.263. The van der Waals surface area contributed by atoms with Gasteiger partial charge in [0.15, 0.2) is 0 Å². The Hall–Kier alpha value is -3.46. The largest absolute Gasteiger partial charge is 0.496 e. The lowest BCUT2D eigenvalue weighted by atomic mass is 10.0. The summed E-state index contributed by atoms with van der Waals surface area (Å²) in [6, 6.07) is 10.3. The van der Waals surface area contributed by atoms with Crippen molar-refractivity contribution in [3.05, 3.63) is 68.8 Å². The lowest BCUT2D eigenvalue weighted by Crippen LogP contribution is -2.27. The monoisotopic (exact) mass is 383 g/mol. The number of anilines is 1. The second-order valence-corrected chi connectivity index (χ2v) is 6.48. The molecule has 1 unspecified atom stereocenters. The van der Waals surface area contributed by atoms with Crippen molar-refractivity contribution in [2.45, 2.75) is 6.04 Å². The first-order chi connectivity index (χ1) is 13.4. The molecular formula is C19H21N5O4. The predicted molar refractivity (Wildman–Crippen MR) is 107 cm³/mol. The number of likely N-dealkylation sites (N-methyl/N-ethyl adjacent to an activating group) is 1. The maximum Gasteiger partial charge on any atom is 0.293 e. The quantitative estimate of drug-likeness (QED) is 0.476. The van der Waals surface area contributed by atoms with Gasteiger partial charge in [0.25, 0.3) is 11.2 Å². The Kier molecular flexibility index (Phi) is 5.55. The summed E-state index contributed by atoms with van der Waals surface area (Å²) in [6.07, 6.45) is 1.28. The lowest BCUT2D eigenvalue weighted by molar-refractivity contribution is -0.383. The van der Waals surface area contributed by atoms with E-state index in [0.29, 0.717) is 17.7 Å². The van der Waals surface area contributed by atoms with Crippen LogP contribution in [0.1, 0.15) is 11.6 Å². The Morgan fingerprint density at radius 2 is 2.07 bits per heavy atom. The van der Waals surface area contributed by atoms with Gasteiger partial charge in [-0.25, -0.2) is 4.98 Å². The number of nitrogens with one attached hydrogen (secondary N) is 2. The molecule has 0 amide bonds. The van der Waals surface area contributed by atoms with Gasteiger partial charge in [-0.15, -0.1) is 0 Å². The van der Waals surface area contributed by atoms with Crippen LogP contribution in [0.2, 0.25) is 0 Å². The van der Waals surface area contributed by atoms with Crippen LogP contribution >= 0.6 is 0 Å². The Bertz CT molecular complexity index is 1060. The van der Waals surface area contributed by atoms with E-state index in [4.69, 9.17) is 4.74 Å². The minimum atomic E-state index is -0.512. The predicted octanol–water partition coefficient (Wildman–Crippen LogP) is 2.55. The highest BCUT2D eigenvalue weighted by atomic mass is 16.6. The molecule has 1 aromatic heterocycles. The summed E-state index contributed by atoms with van der Waals surface area (Å²) < 4.78 is 5.45. The van der Waals surface area contributed by atoms with Gasteiger partial charge in [-0.2, -0.15) is 0 Å². The van der Waals surface area contributed by atoms with Crippen LogP contribution in [0.15, 0.2) is 47.5 Å². The number of nitrogens with zero attached hydrogens (tertiary/aromatic N) is 3. The molecule has 1 heterocycles. The number of benzene rings is 2. The molecule has 0 bridgehead atoms. The van der Waals surface area contributed by atoms with Gasteiger partial charge in [-0.1, -0.05) is 18.2 Å². The van der Waals surface area contributed by atoms with Gasteiger partial charge in [0.1, 0.15) is 11.4 Å². The van der Waals surface area contributed by atoms with Crippen LogP contribution < -0.4 is 15.6 Å². The van der Waals surface area contributed by atoms with Gasteiger partial charge < -0.3 is 19.9 Å². The highest BCUT2D eigenvalue weighted by Gasteiger charge is 2.21. The van der Waals surface area contributed by atoms with Crippen molar-refractivity contribution < 1.29 is 9.66 Å². The SMILES string of the molecule is COc1ccccc1C(CNc1cc2nc[nH]c(=O)c2cc1[N+](=O)[O-])N(C)C. The van der Waals surface area contributed by atoms with Gasteiger partial charge in [0.2, 0.25) is 0 Å². The summed E-state index contributed by atoms with van der Waals surface area (Å²) >= 11 is 0. The first kappa shape index (κ1) is 19.3. The van der Waals surface area contributed by atoms with E-state index in [2.05, 4.69) is 15.3 Å². The average Bonchev–Trinajstić information content (AvgIpc) is 2.68. The molecule has 0 spiro atoms. The van der Waals surface area contributed by atoms with Gasteiger partial charge in [0.05, 0.1) is 35.3 Å². The number of nitro benzene ring substituents is 1. The number of para-hydroxylation sites is 1. The smallest absolute Gasteiger partial charge is 0.293 e. The van der Waals surface area contributed by atoms with Crippen LogP contribution in [0.3, 0.4) is 0 Å². The van der Waals surface area contributed by atoms with E-state index in [1.165, 1.54) is 18.5 Å². The molecule has 3 rings (SSSR count). The molecule has 1 atom stereocenters. The van der Waals surface area contributed by atoms with Gasteiger partial charge >= 0.3 is 0 Å². The molecule has 3 aromatic rings. The van der Waals surface area contributed by atoms with Gasteiger partial charge in [0, 0.05) is 18.2 Å². The Labute approximate surface area is 161 Å². The van der Waals surface area contributed by atoms with Crippen LogP contribution in [-0.2, 0) is 0 Å². The highest BCUT2D eigenvalue weighted by molar-refractivity contribution is 5.86. The van der Waals surface area contributed by atoms with Crippen molar-refractivity contribution in [3.63, 3.8) is 0 Å². The molecule has 0 fully saturated rings. The number of hydrogen-bond donors (Lipinski definition) is 2. The zero-order valence-corrected chi connectivity index (χ0v) is 15.8. The van der Waals surface area contributed by atoms with Gasteiger partial charge in [-0.3, -0.25) is 14.9 Å². The van der Waals surface area contributed by atoms with Crippen LogP contribution in [-0.4, -0.2) is 47.5 Å². The number of H-pyrrole nitrogens is 1. The third-order valence-electron chi connectivity index (χ3n) is 4.56. The summed E-state index contributed by atoms with van der Waals surface area (Å²) in [5.74, 6) is 0.740. The molecule has 0 aliphatic rings. The van der Waals surface area contributed by atoms with E-state index in [0.717, 1.165) is 11.3 Å². The van der Waals surface area contributed by atoms with Crippen LogP contribution in [0.4, 0.5) is 11.4 Å². The number of fused-ring (bicyclic) bond motifs is 1. The number of aromatic amines is 1. The van der Waals surface area contributed by atoms with Crippen LogP contribution in [0.5, 0.6) is 5.75 Å². The summed E-state index contributed by atoms with van der Waals surface area (Å²) in [5, 5.41) is 14.8. The maximum atomic E-state index is 11.9. The molecule has 2 N–H and O–H groups in total. The maximum absolute atomic E-state index is 11.9. The molecule has 9 heteroatoms. The van der Waals surface area contributed by atoms with Crippen LogP contribution in [0, 0.1) is 10.1 Å². The second kappa shape index (κ2) is 8.05. The van der Waals surface area contributed by atoms with Crippen molar-refractivity contribution in [2.24, 2.45) is 0 Å². The number of hydrogen-bond acceptors (Lipinski definition) is 7. The van der Waals surface area contributed by atoms with E-state index in [-0.39, 0.29) is 17.1 Å². The topological polar surface area (TPSA) is 113 Å². The standard InChI is InChI=1S/C19H21N5O4/c1-23(2)17(12-6-4-5-7-18(12)28-3)10-20-15-9-14-13(8-16(15)24(26)27)19(25)22-11-21-14/h4-9,11,17,20H,10H2,1-3H3,(H,21,22,25). The zero-order chi connectivity index (χ0) is 20.3. The molecule has 146 valence electrons. The summed E-state index contributed by atoms with van der Waals surface area (Å²) in [5.41, 5.74) is 1.05. The Balaban J connectivity index is 1.98. The normalized spacial score (nSPS) is 12.1. The van der Waals surface area contributed by atoms with E-state index in [1.54, 1.807) is 7.11 Å². The van der Waals surface area contributed by atoms with Crippen molar-refractivity contribution >= 4 is 22.3 Å². The lowest BCUT2D eigenvalue weighted by Gasteiger charge is -2.27. The van der Waals surface area contributed by atoms with Crippen molar-refractivity contribution in [2.75, 3.05) is 33.1 Å². The minimum absolute atomic E-state index is 0.0985. The molecule has 0 aliphatic carbocycles. The molecule has 9 nitrogen and oxygen atoms in total. The van der Waals surface area contributed by atoms with Crippen molar-refractivity contribution in [3.8, 4) is 5.75 Å². The number of methoxy groups -OCH3 is 1. The average molecular weight is 383 g/mol. The van der Waals surface area contributed by atoms with Crippen molar-refractivity contribution in [1.29, 1.82) is 0 Å². The number of ether oxygens (including phenoxy) is 1. The third kappa shape index (κ3) is 3.79. The number of aromatic nitrogens is 2. The molecule has 0 saturated heterocycles. The molecule has 28 heavy (non-hydrogen) atoms. The van der Waals surface area contributed by atoms with Crippen LogP contribution in [0.25, 0.3) is 10.9 Å². The molecule has 0 radical (unpaired) electrons. The molecular weight excluding hydrogens is 362 g/mol. The fourth-order valence-corrected chi connectivity index (χ4v) is 3.12. The summed E-state index contributed by atoms with van der Waals surface area (Å²) in [7, 11) is 5.46. The fourth-order valence-electron chi connectivity index (χ4n) is 3.12. The minimum Gasteiger partial charge on any atom is -0.496 e. The van der Waals surface area contributed by atoms with E-state index in [9.17, 15) is 14.9 Å². The number of nitro groups is 1. The van der Waals surface area contributed by atoms with E-state index in [1.807, 2.05) is 43.3 Å². The van der Waals surface area contributed by atoms with E-state index < -0.39 is 10.5 Å². The summed E-state index contributed by atoms with van der Waals surface area (Å²) in [6.45, 7) is 0.392. The first-order valence-corrected chi connectivity index (χ1v) is 8.61. The first-order valence-electron chi connectivity index (χ1n) is 8.61. The van der Waals surface area contributed by atoms with Gasteiger partial charge in [-0.05, 0) is 26.2 Å². The Morgan fingerprint density at radius 3 is 2.75 bits per heavy atom. The Morgan fingerprint density at radius 1 is 1.32 bits per heavy atom.